The van der Waals surface area contributed by atoms with Gasteiger partial charge in [-0.15, -0.1) is 11.3 Å². The van der Waals surface area contributed by atoms with E-state index in [1.807, 2.05) is 48.2 Å². The van der Waals surface area contributed by atoms with Gasteiger partial charge in [-0.1, -0.05) is 18.2 Å². The third-order valence-electron chi connectivity index (χ3n) is 5.95. The number of carbonyl (C=O) groups is 1. The van der Waals surface area contributed by atoms with Crippen LogP contribution >= 0.6 is 11.3 Å². The van der Waals surface area contributed by atoms with E-state index in [-0.39, 0.29) is 5.91 Å². The summed E-state index contributed by atoms with van der Waals surface area (Å²) in [5.74, 6) is 1.79. The van der Waals surface area contributed by atoms with E-state index in [1.54, 1.807) is 11.3 Å². The minimum atomic E-state index is 0.0848. The van der Waals surface area contributed by atoms with Crippen LogP contribution in [0.3, 0.4) is 0 Å². The van der Waals surface area contributed by atoms with Crippen molar-refractivity contribution in [3.05, 3.63) is 59.1 Å². The van der Waals surface area contributed by atoms with Crippen LogP contribution < -0.4 is 9.80 Å². The van der Waals surface area contributed by atoms with Crippen molar-refractivity contribution >= 4 is 29.0 Å². The van der Waals surface area contributed by atoms with E-state index in [0.717, 1.165) is 68.0 Å². The first-order chi connectivity index (χ1) is 15.7. The van der Waals surface area contributed by atoms with Crippen molar-refractivity contribution in [2.24, 2.45) is 0 Å². The molecule has 3 aromatic rings. The minimum absolute atomic E-state index is 0.0848. The quantitative estimate of drug-likeness (QED) is 0.609. The van der Waals surface area contributed by atoms with Crippen LogP contribution in [0.5, 0.6) is 0 Å². The molecule has 0 aliphatic carbocycles. The third-order valence-corrected chi connectivity index (χ3v) is 6.87. The van der Waals surface area contributed by atoms with E-state index in [2.05, 4.69) is 26.2 Å². The number of nitrogens with zero attached hydrogens (tertiary/aromatic N) is 5. The lowest BCUT2D eigenvalue weighted by Crippen LogP contribution is -2.49. The first-order valence-electron chi connectivity index (χ1n) is 11.0. The Morgan fingerprint density at radius 2 is 1.69 bits per heavy atom. The van der Waals surface area contributed by atoms with Crippen molar-refractivity contribution in [2.45, 2.75) is 6.92 Å². The van der Waals surface area contributed by atoms with Gasteiger partial charge in [-0.25, -0.2) is 4.98 Å². The van der Waals surface area contributed by atoms with E-state index >= 15 is 0 Å². The van der Waals surface area contributed by atoms with Gasteiger partial charge < -0.3 is 19.4 Å². The average Bonchev–Trinajstić information content (AvgIpc) is 3.39. The van der Waals surface area contributed by atoms with Crippen molar-refractivity contribution in [3.8, 4) is 10.4 Å². The molecule has 0 radical (unpaired) electrons. The number of ether oxygens (including phenoxy) is 1. The number of hydrogen-bond donors (Lipinski definition) is 0. The number of piperazine rings is 1. The Bertz CT molecular complexity index is 1060. The fourth-order valence-corrected chi connectivity index (χ4v) is 4.88. The SMILES string of the molecule is Cc1cc(N2CCOCC2)nc(N2CCN(C(=O)c3ccc(-c4cccs4)cc3)CC2)n1. The van der Waals surface area contributed by atoms with Gasteiger partial charge in [-0.3, -0.25) is 4.79 Å². The number of amides is 1. The summed E-state index contributed by atoms with van der Waals surface area (Å²) in [4.78, 5) is 30.1. The van der Waals surface area contributed by atoms with Crippen LogP contribution in [0.1, 0.15) is 16.1 Å². The molecule has 5 rings (SSSR count). The normalized spacial score (nSPS) is 17.0. The summed E-state index contributed by atoms with van der Waals surface area (Å²) in [6, 6.07) is 14.1. The molecule has 2 aliphatic rings. The summed E-state index contributed by atoms with van der Waals surface area (Å²) in [5.41, 5.74) is 2.84. The fraction of sp³-hybridized carbons (Fsp3) is 0.375. The lowest BCUT2D eigenvalue weighted by Gasteiger charge is -2.35. The van der Waals surface area contributed by atoms with E-state index < -0.39 is 0 Å². The number of aryl methyl sites for hydroxylation is 1. The third kappa shape index (κ3) is 4.47. The van der Waals surface area contributed by atoms with Crippen LogP contribution in [0.25, 0.3) is 10.4 Å². The Balaban J connectivity index is 1.23. The number of benzene rings is 1. The van der Waals surface area contributed by atoms with Crippen LogP contribution in [0.15, 0.2) is 47.8 Å². The number of anilines is 2. The molecule has 0 unspecified atom stereocenters. The second kappa shape index (κ2) is 9.26. The maximum absolute atomic E-state index is 13.0. The second-order valence-corrected chi connectivity index (χ2v) is 9.05. The second-order valence-electron chi connectivity index (χ2n) is 8.10. The molecule has 0 atom stereocenters. The molecule has 0 spiro atoms. The molecule has 2 fully saturated rings. The van der Waals surface area contributed by atoms with Crippen molar-refractivity contribution in [3.63, 3.8) is 0 Å². The standard InChI is InChI=1S/C24H27N5O2S/c1-18-17-22(27-12-14-31-15-13-27)26-24(25-18)29-10-8-28(9-11-29)23(30)20-6-4-19(5-7-20)21-3-2-16-32-21/h2-7,16-17H,8-15H2,1H3. The van der Waals surface area contributed by atoms with Gasteiger partial charge in [0.05, 0.1) is 13.2 Å². The largest absolute Gasteiger partial charge is 0.378 e. The Kier molecular flexibility index (Phi) is 6.05. The lowest BCUT2D eigenvalue weighted by molar-refractivity contribution is 0.0746. The fourth-order valence-electron chi connectivity index (χ4n) is 4.14. The molecular weight excluding hydrogens is 422 g/mol. The molecule has 1 amide bonds. The summed E-state index contributed by atoms with van der Waals surface area (Å²) < 4.78 is 5.46. The van der Waals surface area contributed by atoms with Gasteiger partial charge in [-0.05, 0) is 36.1 Å². The van der Waals surface area contributed by atoms with Gasteiger partial charge in [0.25, 0.3) is 5.91 Å². The molecule has 2 saturated heterocycles. The predicted molar refractivity (Wildman–Crippen MR) is 128 cm³/mol. The Hall–Kier alpha value is -2.97. The highest BCUT2D eigenvalue weighted by atomic mass is 32.1. The van der Waals surface area contributed by atoms with E-state index in [9.17, 15) is 4.79 Å². The van der Waals surface area contributed by atoms with Crippen molar-refractivity contribution < 1.29 is 9.53 Å². The zero-order chi connectivity index (χ0) is 21.9. The van der Waals surface area contributed by atoms with Gasteiger partial charge in [-0.2, -0.15) is 4.98 Å². The molecule has 1 aromatic carbocycles. The highest BCUT2D eigenvalue weighted by Gasteiger charge is 2.24. The Morgan fingerprint density at radius 3 is 2.38 bits per heavy atom. The molecule has 0 N–H and O–H groups in total. The molecule has 166 valence electrons. The van der Waals surface area contributed by atoms with Gasteiger partial charge in [0.15, 0.2) is 0 Å². The van der Waals surface area contributed by atoms with Crippen molar-refractivity contribution in [1.82, 2.24) is 14.9 Å². The Morgan fingerprint density at radius 1 is 0.938 bits per heavy atom. The average molecular weight is 450 g/mol. The molecule has 4 heterocycles. The zero-order valence-electron chi connectivity index (χ0n) is 18.2. The molecular formula is C24H27N5O2S. The summed E-state index contributed by atoms with van der Waals surface area (Å²) in [7, 11) is 0. The number of aromatic nitrogens is 2. The van der Waals surface area contributed by atoms with Crippen LogP contribution in [0.4, 0.5) is 11.8 Å². The van der Waals surface area contributed by atoms with Crippen LogP contribution in [-0.4, -0.2) is 73.3 Å². The monoisotopic (exact) mass is 449 g/mol. The van der Waals surface area contributed by atoms with E-state index in [1.165, 1.54) is 4.88 Å². The topological polar surface area (TPSA) is 61.8 Å². The zero-order valence-corrected chi connectivity index (χ0v) is 19.1. The maximum Gasteiger partial charge on any atom is 0.253 e. The predicted octanol–water partition coefficient (Wildman–Crippen LogP) is 3.31. The molecule has 7 nitrogen and oxygen atoms in total. The van der Waals surface area contributed by atoms with Gasteiger partial charge in [0.1, 0.15) is 5.82 Å². The smallest absolute Gasteiger partial charge is 0.253 e. The maximum atomic E-state index is 13.0. The van der Waals surface area contributed by atoms with E-state index in [4.69, 9.17) is 9.72 Å². The van der Waals surface area contributed by atoms with Crippen LogP contribution in [0, 0.1) is 6.92 Å². The molecule has 8 heteroatoms. The van der Waals surface area contributed by atoms with Crippen molar-refractivity contribution in [1.29, 1.82) is 0 Å². The first-order valence-corrected chi connectivity index (χ1v) is 11.9. The number of rotatable bonds is 4. The molecule has 2 aromatic heterocycles. The number of thiophene rings is 1. The summed E-state index contributed by atoms with van der Waals surface area (Å²) >= 11 is 1.71. The molecule has 32 heavy (non-hydrogen) atoms. The molecule has 0 saturated carbocycles. The molecule has 0 bridgehead atoms. The molecule has 2 aliphatic heterocycles. The highest BCUT2D eigenvalue weighted by Crippen LogP contribution is 2.25. The summed E-state index contributed by atoms with van der Waals surface area (Å²) in [5, 5.41) is 2.07. The van der Waals surface area contributed by atoms with Crippen LogP contribution in [-0.2, 0) is 4.74 Å². The van der Waals surface area contributed by atoms with E-state index in [0.29, 0.717) is 13.1 Å². The number of morpholine rings is 1. The summed E-state index contributed by atoms with van der Waals surface area (Å²) in [6.45, 7) is 7.95. The lowest BCUT2D eigenvalue weighted by atomic mass is 10.1. The van der Waals surface area contributed by atoms with Crippen molar-refractivity contribution in [2.75, 3.05) is 62.3 Å². The Labute approximate surface area is 192 Å². The van der Waals surface area contributed by atoms with Crippen LogP contribution in [0.2, 0.25) is 0 Å². The van der Waals surface area contributed by atoms with Gasteiger partial charge >= 0.3 is 0 Å². The summed E-state index contributed by atoms with van der Waals surface area (Å²) in [6.07, 6.45) is 0. The highest BCUT2D eigenvalue weighted by molar-refractivity contribution is 7.13. The number of hydrogen-bond acceptors (Lipinski definition) is 7. The first kappa shape index (κ1) is 20.9. The van der Waals surface area contributed by atoms with Gasteiger partial charge in [0.2, 0.25) is 5.95 Å². The minimum Gasteiger partial charge on any atom is -0.378 e. The number of carbonyl (C=O) groups excluding carboxylic acids is 1. The van der Waals surface area contributed by atoms with Gasteiger partial charge in [0, 0.05) is 61.5 Å².